The molecule has 3 nitrogen and oxygen atoms in total. The van der Waals surface area contributed by atoms with E-state index in [9.17, 15) is 14.4 Å². The van der Waals surface area contributed by atoms with Gasteiger partial charge in [-0.3, -0.25) is 14.4 Å². The molecule has 0 spiro atoms. The van der Waals surface area contributed by atoms with Gasteiger partial charge in [0.2, 0.25) is 11.6 Å². The molecule has 1 unspecified atom stereocenters. The summed E-state index contributed by atoms with van der Waals surface area (Å²) in [6.45, 7) is 1.40. The predicted octanol–water partition coefficient (Wildman–Crippen LogP) is 0.293. The van der Waals surface area contributed by atoms with Gasteiger partial charge in [-0.25, -0.2) is 0 Å². The van der Waals surface area contributed by atoms with E-state index in [1.807, 2.05) is 0 Å². The van der Waals surface area contributed by atoms with Crippen molar-refractivity contribution in [2.75, 3.05) is 0 Å². The van der Waals surface area contributed by atoms with E-state index in [2.05, 4.69) is 5.92 Å². The van der Waals surface area contributed by atoms with Crippen LogP contribution in [-0.4, -0.2) is 17.3 Å². The molecule has 0 aliphatic heterocycles. The first-order valence-corrected chi connectivity index (χ1v) is 3.77. The van der Waals surface area contributed by atoms with Crippen LogP contribution in [0.2, 0.25) is 0 Å². The minimum absolute atomic E-state index is 0.0270. The molecule has 0 N–H and O–H groups in total. The van der Waals surface area contributed by atoms with Crippen LogP contribution < -0.4 is 0 Å². The lowest BCUT2D eigenvalue weighted by molar-refractivity contribution is -0.145. The lowest BCUT2D eigenvalue weighted by Gasteiger charge is -2.23. The first-order valence-electron chi connectivity index (χ1n) is 3.77. The number of hydrogen-bond acceptors (Lipinski definition) is 3. The van der Waals surface area contributed by atoms with Gasteiger partial charge in [-0.2, -0.15) is 0 Å². The van der Waals surface area contributed by atoms with Crippen LogP contribution in [0.1, 0.15) is 13.3 Å². The Kier molecular flexibility index (Phi) is 2.16. The van der Waals surface area contributed by atoms with Crippen molar-refractivity contribution in [3.05, 3.63) is 12.2 Å². The van der Waals surface area contributed by atoms with Gasteiger partial charge in [0.05, 0.1) is 0 Å². The van der Waals surface area contributed by atoms with Crippen molar-refractivity contribution in [3.63, 3.8) is 0 Å². The summed E-state index contributed by atoms with van der Waals surface area (Å²) in [4.78, 5) is 33.6. The molecule has 66 valence electrons. The third kappa shape index (κ3) is 1.31. The molecule has 0 amide bonds. The molecule has 1 rings (SSSR count). The maximum Gasteiger partial charge on any atom is 0.222 e. The minimum atomic E-state index is -1.33. The average molecular weight is 176 g/mol. The first kappa shape index (κ1) is 9.40. The van der Waals surface area contributed by atoms with Gasteiger partial charge in [-0.1, -0.05) is 0 Å². The van der Waals surface area contributed by atoms with Crippen LogP contribution in [0.3, 0.4) is 0 Å². The molecule has 13 heavy (non-hydrogen) atoms. The molecule has 0 saturated heterocycles. The fraction of sp³-hybridized carbons (Fsp3) is 0.300. The molecule has 1 aliphatic rings. The van der Waals surface area contributed by atoms with E-state index in [4.69, 9.17) is 6.42 Å². The number of carbonyl (C=O) groups is 3. The Morgan fingerprint density at radius 1 is 1.38 bits per heavy atom. The molecule has 0 aromatic heterocycles. The van der Waals surface area contributed by atoms with Gasteiger partial charge in [-0.15, -0.1) is 12.3 Å². The number of carbonyl (C=O) groups excluding carboxylic acids is 3. The molecule has 0 fully saturated rings. The van der Waals surface area contributed by atoms with Gasteiger partial charge in [0.15, 0.2) is 5.78 Å². The van der Waals surface area contributed by atoms with Crippen molar-refractivity contribution in [3.8, 4) is 12.3 Å². The second kappa shape index (κ2) is 2.98. The van der Waals surface area contributed by atoms with Crippen LogP contribution in [0.25, 0.3) is 0 Å². The number of ketones is 3. The summed E-state index contributed by atoms with van der Waals surface area (Å²) < 4.78 is 0. The number of allylic oxidation sites excluding steroid dienone is 2. The molecular weight excluding hydrogens is 168 g/mol. The SMILES string of the molecule is C#CCC1(C)C(=O)C=CC(=O)C1=O. The highest BCUT2D eigenvalue weighted by molar-refractivity contribution is 6.50. The lowest BCUT2D eigenvalue weighted by Crippen LogP contribution is -2.42. The van der Waals surface area contributed by atoms with Gasteiger partial charge in [0, 0.05) is 6.42 Å². The average Bonchev–Trinajstić information content (AvgIpc) is 2.10. The summed E-state index contributed by atoms with van der Waals surface area (Å²) in [5.41, 5.74) is -1.33. The number of Topliss-reactive ketones (excluding diaryl/α,β-unsaturated/α-hetero) is 1. The number of terminal acetylenes is 1. The maximum absolute atomic E-state index is 11.3. The third-order valence-electron chi connectivity index (χ3n) is 2.11. The van der Waals surface area contributed by atoms with Crippen LogP contribution in [0.5, 0.6) is 0 Å². The van der Waals surface area contributed by atoms with E-state index >= 15 is 0 Å². The Bertz CT molecular complexity index is 357. The molecule has 0 bridgehead atoms. The Morgan fingerprint density at radius 2 is 2.00 bits per heavy atom. The van der Waals surface area contributed by atoms with Crippen LogP contribution >= 0.6 is 0 Å². The quantitative estimate of drug-likeness (QED) is 0.328. The zero-order valence-electron chi connectivity index (χ0n) is 7.16. The standard InChI is InChI=1S/C10H8O3/c1-3-6-10(2)8(12)5-4-7(11)9(10)13/h1,4-5H,6H2,2H3. The minimum Gasteiger partial charge on any atom is -0.294 e. The molecule has 0 radical (unpaired) electrons. The van der Waals surface area contributed by atoms with E-state index in [-0.39, 0.29) is 6.42 Å². The highest BCUT2D eigenvalue weighted by Gasteiger charge is 2.43. The van der Waals surface area contributed by atoms with E-state index in [1.54, 1.807) is 0 Å². The molecule has 0 saturated carbocycles. The smallest absolute Gasteiger partial charge is 0.222 e. The van der Waals surface area contributed by atoms with Crippen molar-refractivity contribution < 1.29 is 14.4 Å². The fourth-order valence-electron chi connectivity index (χ4n) is 1.17. The van der Waals surface area contributed by atoms with Crippen LogP contribution in [-0.2, 0) is 14.4 Å². The molecule has 0 aromatic rings. The fourth-order valence-corrected chi connectivity index (χ4v) is 1.17. The second-order valence-electron chi connectivity index (χ2n) is 3.10. The van der Waals surface area contributed by atoms with Crippen LogP contribution in [0, 0.1) is 17.8 Å². The lowest BCUT2D eigenvalue weighted by atomic mass is 9.74. The summed E-state index contributed by atoms with van der Waals surface area (Å²) in [6, 6.07) is 0. The summed E-state index contributed by atoms with van der Waals surface area (Å²) in [5, 5.41) is 0. The normalized spacial score (nSPS) is 27.5. The van der Waals surface area contributed by atoms with Crippen molar-refractivity contribution in [2.24, 2.45) is 5.41 Å². The van der Waals surface area contributed by atoms with Crippen molar-refractivity contribution in [2.45, 2.75) is 13.3 Å². The Hall–Kier alpha value is -1.69. The molecule has 1 aliphatic carbocycles. The molecule has 3 heteroatoms. The van der Waals surface area contributed by atoms with Crippen molar-refractivity contribution in [1.29, 1.82) is 0 Å². The second-order valence-corrected chi connectivity index (χ2v) is 3.10. The number of rotatable bonds is 1. The van der Waals surface area contributed by atoms with E-state index < -0.39 is 22.8 Å². The Morgan fingerprint density at radius 3 is 2.54 bits per heavy atom. The highest BCUT2D eigenvalue weighted by Crippen LogP contribution is 2.27. The Labute approximate surface area is 75.8 Å². The molecule has 0 aromatic carbocycles. The van der Waals surface area contributed by atoms with Gasteiger partial charge < -0.3 is 0 Å². The summed E-state index contributed by atoms with van der Waals surface area (Å²) in [6.07, 6.45) is 7.10. The highest BCUT2D eigenvalue weighted by atomic mass is 16.2. The summed E-state index contributed by atoms with van der Waals surface area (Å²) >= 11 is 0. The van der Waals surface area contributed by atoms with E-state index in [0.717, 1.165) is 12.2 Å². The van der Waals surface area contributed by atoms with Gasteiger partial charge in [0.1, 0.15) is 5.41 Å². The van der Waals surface area contributed by atoms with E-state index in [0.29, 0.717) is 0 Å². The van der Waals surface area contributed by atoms with Crippen LogP contribution in [0.4, 0.5) is 0 Å². The monoisotopic (exact) mass is 176 g/mol. The predicted molar refractivity (Wildman–Crippen MR) is 45.7 cm³/mol. The summed E-state index contributed by atoms with van der Waals surface area (Å²) in [7, 11) is 0. The van der Waals surface area contributed by atoms with Crippen LogP contribution in [0.15, 0.2) is 12.2 Å². The topological polar surface area (TPSA) is 51.2 Å². The first-order chi connectivity index (χ1) is 6.02. The largest absolute Gasteiger partial charge is 0.294 e. The third-order valence-corrected chi connectivity index (χ3v) is 2.11. The van der Waals surface area contributed by atoms with Crippen molar-refractivity contribution in [1.82, 2.24) is 0 Å². The molecule has 1 atom stereocenters. The maximum atomic E-state index is 11.3. The zero-order valence-corrected chi connectivity index (χ0v) is 7.16. The van der Waals surface area contributed by atoms with Gasteiger partial charge >= 0.3 is 0 Å². The molecular formula is C10H8O3. The van der Waals surface area contributed by atoms with E-state index in [1.165, 1.54) is 6.92 Å². The number of hydrogen-bond donors (Lipinski definition) is 0. The van der Waals surface area contributed by atoms with Gasteiger partial charge in [-0.05, 0) is 19.1 Å². The zero-order chi connectivity index (χ0) is 10.1. The van der Waals surface area contributed by atoms with Crippen molar-refractivity contribution >= 4 is 17.3 Å². The molecule has 0 heterocycles. The Balaban J connectivity index is 3.17. The van der Waals surface area contributed by atoms with Gasteiger partial charge in [0.25, 0.3) is 0 Å². The summed E-state index contributed by atoms with van der Waals surface area (Å²) in [5.74, 6) is 0.473.